The van der Waals surface area contributed by atoms with Crippen molar-refractivity contribution >= 4 is 38.9 Å². The summed E-state index contributed by atoms with van der Waals surface area (Å²) in [6.45, 7) is 9.51. The Labute approximate surface area is 328 Å². The summed E-state index contributed by atoms with van der Waals surface area (Å²) in [7, 11) is 0. The highest BCUT2D eigenvalue weighted by Gasteiger charge is 2.40. The minimum atomic E-state index is -0.204. The third-order valence-electron chi connectivity index (χ3n) is 12.8. The van der Waals surface area contributed by atoms with Crippen LogP contribution in [0.15, 0.2) is 182 Å². The summed E-state index contributed by atoms with van der Waals surface area (Å²) in [6.07, 6.45) is 0. The Kier molecular flexibility index (Phi) is 6.98. The molecule has 0 saturated carbocycles. The fraction of sp³-hybridized carbons (Fsp3) is 0.111. The zero-order valence-electron chi connectivity index (χ0n) is 32.2. The largest absolute Gasteiger partial charge is 0.310 e. The number of anilines is 3. The first-order valence-corrected chi connectivity index (χ1v) is 19.8. The minimum absolute atomic E-state index is 0.0760. The van der Waals surface area contributed by atoms with Gasteiger partial charge in [-0.25, -0.2) is 0 Å². The average Bonchev–Trinajstić information content (AvgIpc) is 3.79. The van der Waals surface area contributed by atoms with E-state index in [0.717, 1.165) is 17.1 Å². The number of hydrogen-bond acceptors (Lipinski definition) is 1. The van der Waals surface area contributed by atoms with Gasteiger partial charge in [0, 0.05) is 38.5 Å². The normalized spacial score (nSPS) is 14.4. The van der Waals surface area contributed by atoms with Gasteiger partial charge in [0.15, 0.2) is 0 Å². The first-order chi connectivity index (χ1) is 27.3. The maximum atomic E-state index is 2.56. The highest BCUT2D eigenvalue weighted by Crippen LogP contribution is 2.57. The van der Waals surface area contributed by atoms with Crippen molar-refractivity contribution in [2.45, 2.75) is 38.5 Å². The third-order valence-corrected chi connectivity index (χ3v) is 12.8. The van der Waals surface area contributed by atoms with E-state index in [4.69, 9.17) is 0 Å². The van der Waals surface area contributed by atoms with Gasteiger partial charge in [-0.2, -0.15) is 0 Å². The molecule has 0 saturated heterocycles. The van der Waals surface area contributed by atoms with E-state index in [-0.39, 0.29) is 10.8 Å². The van der Waals surface area contributed by atoms with Crippen molar-refractivity contribution in [2.24, 2.45) is 0 Å². The van der Waals surface area contributed by atoms with Gasteiger partial charge in [0.1, 0.15) is 0 Å². The number of fused-ring (bicyclic) bond motifs is 9. The number of aromatic nitrogens is 1. The topological polar surface area (TPSA) is 8.17 Å². The summed E-state index contributed by atoms with van der Waals surface area (Å²) < 4.78 is 2.41. The zero-order chi connectivity index (χ0) is 37.8. The fourth-order valence-electron chi connectivity index (χ4n) is 10.3. The summed E-state index contributed by atoms with van der Waals surface area (Å²) in [5.74, 6) is 0. The predicted molar refractivity (Wildman–Crippen MR) is 236 cm³/mol. The molecule has 2 heteroatoms. The molecule has 0 bridgehead atoms. The monoisotopic (exact) mass is 718 g/mol. The van der Waals surface area contributed by atoms with Gasteiger partial charge in [-0.3, -0.25) is 0 Å². The molecule has 2 aliphatic carbocycles. The second kappa shape index (κ2) is 11.9. The first kappa shape index (κ1) is 32.8. The molecule has 2 nitrogen and oxygen atoms in total. The van der Waals surface area contributed by atoms with Gasteiger partial charge in [-0.15, -0.1) is 0 Å². The Morgan fingerprint density at radius 3 is 1.75 bits per heavy atom. The van der Waals surface area contributed by atoms with Crippen molar-refractivity contribution in [3.8, 4) is 39.1 Å². The molecule has 1 heterocycles. The van der Waals surface area contributed by atoms with Crippen LogP contribution in [0.1, 0.15) is 49.9 Å². The summed E-state index contributed by atoms with van der Waals surface area (Å²) in [5.41, 5.74) is 20.0. The van der Waals surface area contributed by atoms with Crippen LogP contribution in [-0.2, 0) is 10.8 Å². The number of para-hydroxylation sites is 3. The molecule has 56 heavy (non-hydrogen) atoms. The Balaban J connectivity index is 1.21. The molecule has 0 unspecified atom stereocenters. The lowest BCUT2D eigenvalue weighted by Gasteiger charge is -2.34. The van der Waals surface area contributed by atoms with Gasteiger partial charge in [0.2, 0.25) is 0 Å². The van der Waals surface area contributed by atoms with Gasteiger partial charge in [0.05, 0.1) is 22.4 Å². The first-order valence-electron chi connectivity index (χ1n) is 19.8. The minimum Gasteiger partial charge on any atom is -0.310 e. The van der Waals surface area contributed by atoms with Crippen LogP contribution in [0.4, 0.5) is 17.1 Å². The Morgan fingerprint density at radius 2 is 0.946 bits per heavy atom. The van der Waals surface area contributed by atoms with E-state index in [1.807, 2.05) is 0 Å². The third kappa shape index (κ3) is 4.50. The lowest BCUT2D eigenvalue weighted by Crippen LogP contribution is -2.21. The molecule has 0 fully saturated rings. The second-order valence-corrected chi connectivity index (χ2v) is 16.5. The van der Waals surface area contributed by atoms with Crippen LogP contribution in [-0.4, -0.2) is 4.57 Å². The molecular formula is C54H42N2. The predicted octanol–water partition coefficient (Wildman–Crippen LogP) is 14.5. The lowest BCUT2D eigenvalue weighted by molar-refractivity contribution is 0.660. The summed E-state index contributed by atoms with van der Waals surface area (Å²) in [5, 5.41) is 2.51. The molecule has 0 spiro atoms. The van der Waals surface area contributed by atoms with Crippen LogP contribution in [0, 0.1) is 0 Å². The Morgan fingerprint density at radius 1 is 0.393 bits per heavy atom. The molecule has 8 aromatic carbocycles. The summed E-state index contributed by atoms with van der Waals surface area (Å²) in [4.78, 5) is 2.56. The van der Waals surface area contributed by atoms with Gasteiger partial charge < -0.3 is 9.47 Å². The van der Waals surface area contributed by atoms with Crippen LogP contribution < -0.4 is 4.90 Å². The summed E-state index contributed by atoms with van der Waals surface area (Å²) >= 11 is 0. The van der Waals surface area contributed by atoms with E-state index in [1.165, 1.54) is 83.1 Å². The Hall–Kier alpha value is -6.64. The average molecular weight is 719 g/mol. The molecule has 0 N–H and O–H groups in total. The summed E-state index contributed by atoms with van der Waals surface area (Å²) in [6, 6.07) is 67.5. The molecule has 0 amide bonds. The molecule has 0 atom stereocenters. The number of benzene rings is 8. The maximum absolute atomic E-state index is 2.56. The fourth-order valence-corrected chi connectivity index (χ4v) is 10.3. The van der Waals surface area contributed by atoms with Crippen LogP contribution in [0.2, 0.25) is 0 Å². The van der Waals surface area contributed by atoms with Crippen LogP contribution >= 0.6 is 0 Å². The molecule has 1 aromatic heterocycles. The molecule has 2 aliphatic rings. The smallest absolute Gasteiger partial charge is 0.0547 e. The molecule has 268 valence electrons. The van der Waals surface area contributed by atoms with Crippen molar-refractivity contribution in [2.75, 3.05) is 4.90 Å². The molecular weight excluding hydrogens is 677 g/mol. The van der Waals surface area contributed by atoms with Crippen molar-refractivity contribution in [3.63, 3.8) is 0 Å². The van der Waals surface area contributed by atoms with E-state index < -0.39 is 0 Å². The van der Waals surface area contributed by atoms with Gasteiger partial charge in [-0.1, -0.05) is 161 Å². The second-order valence-electron chi connectivity index (χ2n) is 16.5. The van der Waals surface area contributed by atoms with E-state index in [0.29, 0.717) is 0 Å². The molecule has 0 radical (unpaired) electrons. The maximum Gasteiger partial charge on any atom is 0.0547 e. The van der Waals surface area contributed by atoms with E-state index in [1.54, 1.807) is 0 Å². The highest BCUT2D eigenvalue weighted by molar-refractivity contribution is 6.17. The van der Waals surface area contributed by atoms with Crippen LogP contribution in [0.3, 0.4) is 0 Å². The van der Waals surface area contributed by atoms with Crippen molar-refractivity contribution < 1.29 is 0 Å². The quantitative estimate of drug-likeness (QED) is 0.172. The van der Waals surface area contributed by atoms with Crippen molar-refractivity contribution in [3.05, 3.63) is 204 Å². The van der Waals surface area contributed by atoms with Crippen molar-refractivity contribution in [1.29, 1.82) is 0 Å². The number of nitrogens with zero attached hydrogens (tertiary/aromatic N) is 2. The van der Waals surface area contributed by atoms with E-state index in [9.17, 15) is 0 Å². The van der Waals surface area contributed by atoms with Gasteiger partial charge >= 0.3 is 0 Å². The zero-order valence-corrected chi connectivity index (χ0v) is 32.2. The molecule has 11 rings (SSSR count). The SMILES string of the molecule is CC1(C)c2ccccc2-c2cc(N(c3ccccc3-c3cccc4c3c3ccccc3n4-c3ccccc3)c3cccc4c3C(C)(C)c3ccccc3-4)ccc21. The van der Waals surface area contributed by atoms with Crippen molar-refractivity contribution in [1.82, 2.24) is 4.57 Å². The highest BCUT2D eigenvalue weighted by atomic mass is 15.1. The van der Waals surface area contributed by atoms with Gasteiger partial charge in [-0.05, 0) is 98.6 Å². The number of rotatable bonds is 5. The van der Waals surface area contributed by atoms with E-state index >= 15 is 0 Å². The lowest BCUT2D eigenvalue weighted by atomic mass is 9.81. The van der Waals surface area contributed by atoms with Gasteiger partial charge in [0.25, 0.3) is 0 Å². The van der Waals surface area contributed by atoms with Crippen LogP contribution in [0.25, 0.3) is 60.9 Å². The van der Waals surface area contributed by atoms with Crippen LogP contribution in [0.5, 0.6) is 0 Å². The Bertz CT molecular complexity index is 3030. The molecule has 0 aliphatic heterocycles. The molecule has 9 aromatic rings. The van der Waals surface area contributed by atoms with E-state index in [2.05, 4.69) is 219 Å². The standard InChI is InChI=1S/C54H42N2/c1-53(2)44-26-12-9-21-38(44)43-34-36(32-33-46(43)53)56(50-31-17-25-41-37-20-8-13-27-45(37)54(3,4)52(41)50)47-28-14-10-22-39(47)40-24-16-30-49-51(40)42-23-11-15-29-48(42)55(49)35-18-6-5-7-19-35/h5-34H,1-4H3. The number of hydrogen-bond donors (Lipinski definition) is 0.